The van der Waals surface area contributed by atoms with E-state index in [4.69, 9.17) is 0 Å². The van der Waals surface area contributed by atoms with Crippen LogP contribution >= 0.6 is 0 Å². The quantitative estimate of drug-likeness (QED) is 0.464. The molecule has 0 spiro atoms. The van der Waals surface area contributed by atoms with Crippen LogP contribution in [0.4, 0.5) is 14.5 Å². The Morgan fingerprint density at radius 2 is 2.00 bits per heavy atom. The number of likely N-dealkylation sites (tertiary alicyclic amines) is 1. The second-order valence-corrected chi connectivity index (χ2v) is 3.99. The van der Waals surface area contributed by atoms with Crippen molar-refractivity contribution in [3.8, 4) is 0 Å². The summed E-state index contributed by atoms with van der Waals surface area (Å²) in [4.78, 5) is 33.3. The van der Waals surface area contributed by atoms with Gasteiger partial charge in [-0.3, -0.25) is 24.6 Å². The van der Waals surface area contributed by atoms with Crippen molar-refractivity contribution in [1.82, 2.24) is 4.90 Å². The molecule has 0 N–H and O–H groups in total. The first-order valence-corrected chi connectivity index (χ1v) is 5.40. The number of rotatable bonds is 2. The molecule has 1 heterocycles. The first-order chi connectivity index (χ1) is 8.91. The minimum absolute atomic E-state index is 0.135. The normalized spacial score (nSPS) is 14.8. The summed E-state index contributed by atoms with van der Waals surface area (Å²) in [6.45, 7) is 0.135. The SMILES string of the molecule is O=C1CCCN1C(=O)c1cc(F)c([N+](=O)[O-])cc1F. The summed E-state index contributed by atoms with van der Waals surface area (Å²) in [6.07, 6.45) is 0.629. The molecule has 0 unspecified atom stereocenters. The maximum Gasteiger partial charge on any atom is 0.307 e. The largest absolute Gasteiger partial charge is 0.307 e. The summed E-state index contributed by atoms with van der Waals surface area (Å²) in [5, 5.41) is 10.4. The van der Waals surface area contributed by atoms with Gasteiger partial charge in [-0.05, 0) is 12.5 Å². The molecule has 19 heavy (non-hydrogen) atoms. The molecule has 0 bridgehead atoms. The predicted octanol–water partition coefficient (Wildman–Crippen LogP) is 1.64. The Balaban J connectivity index is 2.40. The van der Waals surface area contributed by atoms with Crippen molar-refractivity contribution in [1.29, 1.82) is 0 Å². The van der Waals surface area contributed by atoms with E-state index in [0.29, 0.717) is 18.6 Å². The zero-order valence-electron chi connectivity index (χ0n) is 9.56. The fraction of sp³-hybridized carbons (Fsp3) is 0.273. The van der Waals surface area contributed by atoms with E-state index in [2.05, 4.69) is 0 Å². The summed E-state index contributed by atoms with van der Waals surface area (Å²) < 4.78 is 27.0. The number of hydrogen-bond donors (Lipinski definition) is 0. The van der Waals surface area contributed by atoms with Gasteiger partial charge in [-0.1, -0.05) is 0 Å². The van der Waals surface area contributed by atoms with Crippen LogP contribution in [-0.2, 0) is 4.79 Å². The molecule has 1 fully saturated rings. The molecular weight excluding hydrogens is 262 g/mol. The molecule has 0 atom stereocenters. The van der Waals surface area contributed by atoms with Crippen molar-refractivity contribution in [2.24, 2.45) is 0 Å². The molecule has 1 aromatic rings. The van der Waals surface area contributed by atoms with Crippen LogP contribution in [0.15, 0.2) is 12.1 Å². The smallest absolute Gasteiger partial charge is 0.278 e. The first kappa shape index (κ1) is 13.1. The third kappa shape index (κ3) is 2.28. The van der Waals surface area contributed by atoms with E-state index in [-0.39, 0.29) is 13.0 Å². The van der Waals surface area contributed by atoms with Crippen LogP contribution < -0.4 is 0 Å². The molecule has 100 valence electrons. The minimum Gasteiger partial charge on any atom is -0.278 e. The highest BCUT2D eigenvalue weighted by Gasteiger charge is 2.31. The Morgan fingerprint density at radius 1 is 1.32 bits per heavy atom. The second-order valence-electron chi connectivity index (χ2n) is 3.99. The van der Waals surface area contributed by atoms with Crippen molar-refractivity contribution in [2.45, 2.75) is 12.8 Å². The Morgan fingerprint density at radius 3 is 2.53 bits per heavy atom. The molecule has 2 amide bonds. The number of nitrogens with zero attached hydrogens (tertiary/aromatic N) is 2. The molecule has 1 aliphatic rings. The number of amides is 2. The standard InChI is InChI=1S/C11H8F2N2O4/c12-7-5-9(15(18)19)8(13)4-6(7)11(17)14-3-1-2-10(14)16/h4-5H,1-3H2. The van der Waals surface area contributed by atoms with Gasteiger partial charge in [0, 0.05) is 13.0 Å². The minimum atomic E-state index is -1.32. The van der Waals surface area contributed by atoms with Crippen LogP contribution in [0.25, 0.3) is 0 Å². The molecule has 2 rings (SSSR count). The topological polar surface area (TPSA) is 80.5 Å². The van der Waals surface area contributed by atoms with Crippen molar-refractivity contribution in [3.63, 3.8) is 0 Å². The summed E-state index contributed by atoms with van der Waals surface area (Å²) in [6, 6.07) is 0.782. The lowest BCUT2D eigenvalue weighted by Gasteiger charge is -2.13. The zero-order chi connectivity index (χ0) is 14.2. The molecular formula is C11H8F2N2O4. The number of benzene rings is 1. The van der Waals surface area contributed by atoms with Crippen molar-refractivity contribution in [3.05, 3.63) is 39.4 Å². The molecule has 0 radical (unpaired) electrons. The molecule has 6 nitrogen and oxygen atoms in total. The Bertz CT molecular complexity index is 588. The van der Waals surface area contributed by atoms with Gasteiger partial charge in [0.1, 0.15) is 5.82 Å². The zero-order valence-corrected chi connectivity index (χ0v) is 9.56. The first-order valence-electron chi connectivity index (χ1n) is 5.40. The van der Waals surface area contributed by atoms with Crippen LogP contribution in [0.2, 0.25) is 0 Å². The van der Waals surface area contributed by atoms with E-state index in [1.807, 2.05) is 0 Å². The van der Waals surface area contributed by atoms with Gasteiger partial charge in [0.25, 0.3) is 5.91 Å². The second kappa shape index (κ2) is 4.71. The van der Waals surface area contributed by atoms with Crippen molar-refractivity contribution >= 4 is 17.5 Å². The van der Waals surface area contributed by atoms with Crippen LogP contribution in [0, 0.1) is 21.7 Å². The highest BCUT2D eigenvalue weighted by molar-refractivity contribution is 6.05. The molecule has 0 saturated carbocycles. The fourth-order valence-corrected chi connectivity index (χ4v) is 1.85. The number of imide groups is 1. The molecule has 1 saturated heterocycles. The van der Waals surface area contributed by atoms with E-state index in [9.17, 15) is 28.5 Å². The monoisotopic (exact) mass is 270 g/mol. The fourth-order valence-electron chi connectivity index (χ4n) is 1.85. The van der Waals surface area contributed by atoms with E-state index in [0.717, 1.165) is 4.90 Å². The highest BCUT2D eigenvalue weighted by atomic mass is 19.1. The molecule has 1 aliphatic heterocycles. The van der Waals surface area contributed by atoms with Gasteiger partial charge in [0.05, 0.1) is 16.6 Å². The molecule has 0 aromatic heterocycles. The Labute approximate surface area is 105 Å². The number of carbonyl (C=O) groups excluding carboxylic acids is 2. The number of nitro groups is 1. The molecule has 8 heteroatoms. The van der Waals surface area contributed by atoms with Crippen molar-refractivity contribution in [2.75, 3.05) is 6.54 Å². The van der Waals surface area contributed by atoms with Crippen LogP contribution in [0.1, 0.15) is 23.2 Å². The van der Waals surface area contributed by atoms with E-state index >= 15 is 0 Å². The lowest BCUT2D eigenvalue weighted by molar-refractivity contribution is -0.387. The van der Waals surface area contributed by atoms with Gasteiger partial charge in [0.2, 0.25) is 11.7 Å². The lowest BCUT2D eigenvalue weighted by Crippen LogP contribution is -2.32. The third-order valence-electron chi connectivity index (χ3n) is 2.78. The summed E-state index contributed by atoms with van der Waals surface area (Å²) >= 11 is 0. The molecule has 0 aliphatic carbocycles. The summed E-state index contributed by atoms with van der Waals surface area (Å²) in [7, 11) is 0. The number of nitro benzene ring substituents is 1. The van der Waals surface area contributed by atoms with Gasteiger partial charge in [-0.15, -0.1) is 0 Å². The van der Waals surface area contributed by atoms with Crippen LogP contribution in [0.5, 0.6) is 0 Å². The van der Waals surface area contributed by atoms with Gasteiger partial charge in [0.15, 0.2) is 0 Å². The maximum atomic E-state index is 13.6. The van der Waals surface area contributed by atoms with Gasteiger partial charge < -0.3 is 0 Å². The number of carbonyl (C=O) groups is 2. The summed E-state index contributed by atoms with van der Waals surface area (Å²) in [5.41, 5.74) is -1.74. The lowest BCUT2D eigenvalue weighted by atomic mass is 10.1. The van der Waals surface area contributed by atoms with Crippen LogP contribution in [-0.4, -0.2) is 28.2 Å². The highest BCUT2D eigenvalue weighted by Crippen LogP contribution is 2.23. The average Bonchev–Trinajstić information content (AvgIpc) is 2.76. The van der Waals surface area contributed by atoms with Crippen molar-refractivity contribution < 1.29 is 23.3 Å². The Hall–Kier alpha value is -2.38. The van der Waals surface area contributed by atoms with E-state index in [1.165, 1.54) is 0 Å². The van der Waals surface area contributed by atoms with Gasteiger partial charge in [-0.25, -0.2) is 4.39 Å². The average molecular weight is 270 g/mol. The Kier molecular flexibility index (Phi) is 3.24. The number of hydrogen-bond acceptors (Lipinski definition) is 4. The van der Waals surface area contributed by atoms with Gasteiger partial charge >= 0.3 is 5.69 Å². The summed E-state index contributed by atoms with van der Waals surface area (Å²) in [5.74, 6) is -3.99. The number of halogens is 2. The predicted molar refractivity (Wildman–Crippen MR) is 58.3 cm³/mol. The van der Waals surface area contributed by atoms with Gasteiger partial charge in [-0.2, -0.15) is 4.39 Å². The van der Waals surface area contributed by atoms with E-state index in [1.54, 1.807) is 0 Å². The maximum absolute atomic E-state index is 13.6. The van der Waals surface area contributed by atoms with E-state index < -0.39 is 39.6 Å². The molecule has 1 aromatic carbocycles. The third-order valence-corrected chi connectivity index (χ3v) is 2.78. The van der Waals surface area contributed by atoms with Crippen LogP contribution in [0.3, 0.4) is 0 Å².